The monoisotopic (exact) mass is 172 g/mol. The fourth-order valence-electron chi connectivity index (χ4n) is 0.868. The molecule has 0 aliphatic heterocycles. The molecule has 68 valence electrons. The SMILES string of the molecule is OCCCn1cc(C(O)O)cn1. The van der Waals surface area contributed by atoms with Crippen molar-refractivity contribution >= 4 is 0 Å². The fourth-order valence-corrected chi connectivity index (χ4v) is 0.868. The number of aliphatic hydroxyl groups excluding tert-OH is 2. The standard InChI is InChI=1S/C7H12N2O3/c10-3-1-2-9-5-6(4-8-9)7(11)12/h4-5,7,10-12H,1-3H2. The maximum atomic E-state index is 8.72. The summed E-state index contributed by atoms with van der Waals surface area (Å²) in [5, 5.41) is 29.8. The zero-order valence-electron chi connectivity index (χ0n) is 6.59. The van der Waals surface area contributed by atoms with Crippen LogP contribution in [0, 0.1) is 0 Å². The van der Waals surface area contributed by atoms with E-state index in [9.17, 15) is 0 Å². The molecule has 0 radical (unpaired) electrons. The fraction of sp³-hybridized carbons (Fsp3) is 0.571. The molecule has 0 amide bonds. The van der Waals surface area contributed by atoms with E-state index in [0.717, 1.165) is 0 Å². The molecule has 1 aromatic heterocycles. The first kappa shape index (κ1) is 9.18. The Morgan fingerprint density at radius 1 is 1.50 bits per heavy atom. The summed E-state index contributed by atoms with van der Waals surface area (Å²) in [7, 11) is 0. The number of hydrogen-bond donors (Lipinski definition) is 3. The molecule has 5 heteroatoms. The predicted octanol–water partition coefficient (Wildman–Crippen LogP) is -0.751. The first-order valence-corrected chi connectivity index (χ1v) is 3.73. The van der Waals surface area contributed by atoms with Crippen molar-refractivity contribution in [3.05, 3.63) is 18.0 Å². The van der Waals surface area contributed by atoms with Gasteiger partial charge in [0.2, 0.25) is 0 Å². The number of aryl methyl sites for hydroxylation is 1. The molecule has 0 aromatic carbocycles. The predicted molar refractivity (Wildman–Crippen MR) is 41.1 cm³/mol. The van der Waals surface area contributed by atoms with E-state index in [1.165, 1.54) is 6.20 Å². The third kappa shape index (κ3) is 2.30. The Bertz CT molecular complexity index is 234. The molecule has 12 heavy (non-hydrogen) atoms. The third-order valence-corrected chi connectivity index (χ3v) is 1.50. The first-order chi connectivity index (χ1) is 5.74. The minimum atomic E-state index is -1.46. The highest BCUT2D eigenvalue weighted by atomic mass is 16.5. The molecule has 0 atom stereocenters. The summed E-state index contributed by atoms with van der Waals surface area (Å²) in [6.45, 7) is 0.695. The summed E-state index contributed by atoms with van der Waals surface area (Å²) in [6.07, 6.45) is 2.08. The second-order valence-corrected chi connectivity index (χ2v) is 2.49. The Kier molecular flexibility index (Phi) is 3.21. The summed E-state index contributed by atoms with van der Waals surface area (Å²) in [5.41, 5.74) is 0.368. The molecule has 0 aliphatic carbocycles. The van der Waals surface area contributed by atoms with Gasteiger partial charge in [-0.1, -0.05) is 0 Å². The Balaban J connectivity index is 2.52. The Morgan fingerprint density at radius 2 is 2.25 bits per heavy atom. The molecule has 1 rings (SSSR count). The van der Waals surface area contributed by atoms with Crippen LogP contribution in [0.15, 0.2) is 12.4 Å². The summed E-state index contributed by atoms with van der Waals surface area (Å²) in [6, 6.07) is 0. The zero-order chi connectivity index (χ0) is 8.97. The summed E-state index contributed by atoms with van der Waals surface area (Å²) in [4.78, 5) is 0. The van der Waals surface area contributed by atoms with Crippen molar-refractivity contribution < 1.29 is 15.3 Å². The molecule has 0 spiro atoms. The van der Waals surface area contributed by atoms with Gasteiger partial charge in [0.05, 0.1) is 6.20 Å². The van der Waals surface area contributed by atoms with E-state index in [0.29, 0.717) is 18.5 Å². The molecule has 0 bridgehead atoms. The molecule has 1 heterocycles. The van der Waals surface area contributed by atoms with Gasteiger partial charge in [0.15, 0.2) is 6.29 Å². The van der Waals surface area contributed by atoms with Gasteiger partial charge >= 0.3 is 0 Å². The number of hydrogen-bond acceptors (Lipinski definition) is 4. The van der Waals surface area contributed by atoms with E-state index in [1.54, 1.807) is 10.9 Å². The van der Waals surface area contributed by atoms with Gasteiger partial charge in [-0.25, -0.2) is 0 Å². The average Bonchev–Trinajstić information content (AvgIpc) is 2.48. The minimum Gasteiger partial charge on any atom is -0.396 e. The van der Waals surface area contributed by atoms with E-state index >= 15 is 0 Å². The highest BCUT2D eigenvalue weighted by molar-refractivity contribution is 5.04. The van der Waals surface area contributed by atoms with Crippen LogP contribution in [0.5, 0.6) is 0 Å². The maximum absolute atomic E-state index is 8.72. The number of aliphatic hydroxyl groups is 3. The largest absolute Gasteiger partial charge is 0.396 e. The molecule has 0 saturated carbocycles. The Morgan fingerprint density at radius 3 is 2.75 bits per heavy atom. The van der Waals surface area contributed by atoms with Gasteiger partial charge in [-0.2, -0.15) is 5.10 Å². The zero-order valence-corrected chi connectivity index (χ0v) is 6.59. The molecular weight excluding hydrogens is 160 g/mol. The topological polar surface area (TPSA) is 78.5 Å². The van der Waals surface area contributed by atoms with Gasteiger partial charge in [-0.15, -0.1) is 0 Å². The van der Waals surface area contributed by atoms with Crippen LogP contribution in [0.4, 0.5) is 0 Å². The van der Waals surface area contributed by atoms with Crippen molar-refractivity contribution in [2.75, 3.05) is 6.61 Å². The molecule has 0 fully saturated rings. The van der Waals surface area contributed by atoms with Crippen LogP contribution in [0.2, 0.25) is 0 Å². The molecule has 0 aliphatic rings. The van der Waals surface area contributed by atoms with Crippen LogP contribution in [0.3, 0.4) is 0 Å². The third-order valence-electron chi connectivity index (χ3n) is 1.50. The van der Waals surface area contributed by atoms with Gasteiger partial charge in [0.1, 0.15) is 0 Å². The molecule has 3 N–H and O–H groups in total. The quantitative estimate of drug-likeness (QED) is 0.522. The van der Waals surface area contributed by atoms with E-state index in [-0.39, 0.29) is 6.61 Å². The minimum absolute atomic E-state index is 0.108. The van der Waals surface area contributed by atoms with E-state index in [4.69, 9.17) is 15.3 Å². The van der Waals surface area contributed by atoms with Crippen molar-refractivity contribution in [3.8, 4) is 0 Å². The van der Waals surface area contributed by atoms with Gasteiger partial charge in [-0.3, -0.25) is 4.68 Å². The van der Waals surface area contributed by atoms with Gasteiger partial charge in [0.25, 0.3) is 0 Å². The van der Waals surface area contributed by atoms with Crippen molar-refractivity contribution in [1.29, 1.82) is 0 Å². The molecule has 1 aromatic rings. The van der Waals surface area contributed by atoms with E-state index < -0.39 is 6.29 Å². The summed E-state index contributed by atoms with van der Waals surface area (Å²) >= 11 is 0. The van der Waals surface area contributed by atoms with Crippen LogP contribution in [0.25, 0.3) is 0 Å². The van der Waals surface area contributed by atoms with Gasteiger partial charge < -0.3 is 15.3 Å². The van der Waals surface area contributed by atoms with E-state index in [1.807, 2.05) is 0 Å². The molecule has 5 nitrogen and oxygen atoms in total. The maximum Gasteiger partial charge on any atom is 0.181 e. The number of rotatable bonds is 4. The van der Waals surface area contributed by atoms with Crippen LogP contribution < -0.4 is 0 Å². The average molecular weight is 172 g/mol. The number of aromatic nitrogens is 2. The van der Waals surface area contributed by atoms with Crippen LogP contribution in [-0.4, -0.2) is 31.7 Å². The lowest BCUT2D eigenvalue weighted by atomic mass is 10.3. The second-order valence-electron chi connectivity index (χ2n) is 2.49. The van der Waals surface area contributed by atoms with Crippen LogP contribution in [0.1, 0.15) is 18.3 Å². The van der Waals surface area contributed by atoms with Crippen LogP contribution >= 0.6 is 0 Å². The van der Waals surface area contributed by atoms with Crippen molar-refractivity contribution in [3.63, 3.8) is 0 Å². The normalized spacial score (nSPS) is 11.0. The molecular formula is C7H12N2O3. The van der Waals surface area contributed by atoms with Gasteiger partial charge in [0, 0.05) is 24.9 Å². The van der Waals surface area contributed by atoms with Crippen molar-refractivity contribution in [2.24, 2.45) is 0 Å². The highest BCUT2D eigenvalue weighted by Crippen LogP contribution is 2.07. The van der Waals surface area contributed by atoms with Crippen molar-refractivity contribution in [2.45, 2.75) is 19.3 Å². The molecule has 0 unspecified atom stereocenters. The highest BCUT2D eigenvalue weighted by Gasteiger charge is 2.04. The lowest BCUT2D eigenvalue weighted by molar-refractivity contribution is -0.0425. The second kappa shape index (κ2) is 4.20. The Hall–Kier alpha value is -0.910. The number of nitrogens with zero attached hydrogens (tertiary/aromatic N) is 2. The lowest BCUT2D eigenvalue weighted by Gasteiger charge is -1.98. The first-order valence-electron chi connectivity index (χ1n) is 3.73. The van der Waals surface area contributed by atoms with Crippen LogP contribution in [-0.2, 0) is 6.54 Å². The Labute approximate surface area is 69.9 Å². The smallest absolute Gasteiger partial charge is 0.181 e. The lowest BCUT2D eigenvalue weighted by Crippen LogP contribution is -2.00. The summed E-state index contributed by atoms with van der Waals surface area (Å²) in [5.74, 6) is 0. The summed E-state index contributed by atoms with van der Waals surface area (Å²) < 4.78 is 1.56. The van der Waals surface area contributed by atoms with Gasteiger partial charge in [-0.05, 0) is 6.42 Å². The molecule has 0 saturated heterocycles. The van der Waals surface area contributed by atoms with E-state index in [2.05, 4.69) is 5.10 Å². The van der Waals surface area contributed by atoms with Crippen molar-refractivity contribution in [1.82, 2.24) is 9.78 Å².